The summed E-state index contributed by atoms with van der Waals surface area (Å²) in [5.41, 5.74) is -1.89. The van der Waals surface area contributed by atoms with Crippen LogP contribution in [0, 0.1) is 28.6 Å². The highest BCUT2D eigenvalue weighted by molar-refractivity contribution is 5.94. The third kappa shape index (κ3) is 4.43. The second-order valence-electron chi connectivity index (χ2n) is 11.7. The third-order valence-corrected chi connectivity index (χ3v) is 9.63. The van der Waals surface area contributed by atoms with Crippen LogP contribution in [0.2, 0.25) is 0 Å². The van der Waals surface area contributed by atoms with Crippen molar-refractivity contribution < 1.29 is 38.8 Å². The van der Waals surface area contributed by atoms with Crippen LogP contribution in [0.25, 0.3) is 0 Å². The zero-order valence-corrected chi connectivity index (χ0v) is 22.1. The first-order valence-electron chi connectivity index (χ1n) is 13.6. The minimum Gasteiger partial charge on any atom is -0.381 e. The number of fused-ring (bicyclic) bond motifs is 5. The number of hydrogen-bond donors (Lipinski definition) is 2. The Kier molecular flexibility index (Phi) is 7.68. The molecule has 6 atom stereocenters. The van der Waals surface area contributed by atoms with Crippen LogP contribution in [0.3, 0.4) is 0 Å². The average molecular weight is 507 g/mol. The molecule has 0 bridgehead atoms. The number of hydrogen-bond acceptors (Lipinski definition) is 8. The van der Waals surface area contributed by atoms with Crippen molar-refractivity contribution in [2.24, 2.45) is 28.6 Å². The van der Waals surface area contributed by atoms with Gasteiger partial charge in [-0.1, -0.05) is 33.3 Å². The molecule has 0 amide bonds. The van der Waals surface area contributed by atoms with Crippen LogP contribution in [-0.2, 0) is 28.6 Å². The maximum atomic E-state index is 13.7. The minimum atomic E-state index is -2.36. The first kappa shape index (κ1) is 27.6. The summed E-state index contributed by atoms with van der Waals surface area (Å²) < 4.78 is 16.0. The number of ether oxygens (including phenoxy) is 3. The lowest BCUT2D eigenvalue weighted by Crippen LogP contribution is -2.61. The van der Waals surface area contributed by atoms with Gasteiger partial charge in [0.2, 0.25) is 0 Å². The quantitative estimate of drug-likeness (QED) is 0.432. The van der Waals surface area contributed by atoms with E-state index in [1.54, 1.807) is 6.08 Å². The predicted molar refractivity (Wildman–Crippen MR) is 130 cm³/mol. The van der Waals surface area contributed by atoms with E-state index in [2.05, 4.69) is 6.92 Å². The smallest absolute Gasteiger partial charge is 0.381 e. The molecule has 36 heavy (non-hydrogen) atoms. The van der Waals surface area contributed by atoms with Gasteiger partial charge < -0.3 is 19.7 Å². The zero-order valence-electron chi connectivity index (χ0n) is 22.1. The second-order valence-corrected chi connectivity index (χ2v) is 11.7. The summed E-state index contributed by atoms with van der Waals surface area (Å²) >= 11 is 0. The maximum Gasteiger partial charge on any atom is 0.410 e. The van der Waals surface area contributed by atoms with Gasteiger partial charge in [0, 0.05) is 24.2 Å². The summed E-state index contributed by atoms with van der Waals surface area (Å²) in [5.74, 6) is -0.468. The summed E-state index contributed by atoms with van der Waals surface area (Å²) in [4.78, 5) is 39.3. The van der Waals surface area contributed by atoms with Crippen molar-refractivity contribution in [3.63, 3.8) is 0 Å². The Morgan fingerprint density at radius 2 is 1.72 bits per heavy atom. The Morgan fingerprint density at radius 3 is 2.36 bits per heavy atom. The van der Waals surface area contributed by atoms with Gasteiger partial charge in [0.15, 0.2) is 11.6 Å². The van der Waals surface area contributed by atoms with Gasteiger partial charge in [-0.05, 0) is 68.3 Å². The van der Waals surface area contributed by atoms with Gasteiger partial charge in [0.25, 0.3) is 0 Å². The molecule has 0 unspecified atom stereocenters. The minimum absolute atomic E-state index is 0.0109. The topological polar surface area (TPSA) is 119 Å². The highest BCUT2D eigenvalue weighted by Gasteiger charge is 2.68. The molecule has 0 radical (unpaired) electrons. The molecule has 0 heterocycles. The Morgan fingerprint density at radius 1 is 1.06 bits per heavy atom. The van der Waals surface area contributed by atoms with E-state index in [0.717, 1.165) is 18.4 Å². The van der Waals surface area contributed by atoms with E-state index in [9.17, 15) is 24.6 Å². The summed E-state index contributed by atoms with van der Waals surface area (Å²) in [6, 6.07) is 0. The van der Waals surface area contributed by atoms with Crippen molar-refractivity contribution in [2.75, 3.05) is 19.8 Å². The van der Waals surface area contributed by atoms with Gasteiger partial charge in [-0.25, -0.2) is 0 Å². The van der Waals surface area contributed by atoms with E-state index in [4.69, 9.17) is 14.2 Å². The third-order valence-electron chi connectivity index (χ3n) is 9.63. The molecule has 0 aromatic rings. The van der Waals surface area contributed by atoms with Crippen LogP contribution in [0.4, 0.5) is 0 Å². The molecular formula is C28H42O8. The molecule has 202 valence electrons. The predicted octanol–water partition coefficient (Wildman–Crippen LogP) is 3.47. The highest BCUT2D eigenvalue weighted by atomic mass is 17.0. The average Bonchev–Trinajstić information content (AvgIpc) is 3.11. The highest BCUT2D eigenvalue weighted by Crippen LogP contribution is 2.66. The molecule has 0 aliphatic heterocycles. The number of carbonyl (C=O) groups is 3. The molecule has 0 saturated heterocycles. The van der Waals surface area contributed by atoms with Crippen molar-refractivity contribution in [1.29, 1.82) is 0 Å². The lowest BCUT2D eigenvalue weighted by Gasteiger charge is -2.57. The molecule has 8 nitrogen and oxygen atoms in total. The SMILES string of the molecule is CCCOC(O)(OCCC)OCC(=O)[C@@]1(O)CC[C@H]2[C@@H]3CCC4=CC(=O)CC[C@]4(C)[C@H]3C(=O)C[C@@]21C. The number of carbonyl (C=O) groups excluding carboxylic acids is 3. The van der Waals surface area contributed by atoms with Crippen LogP contribution in [-0.4, -0.2) is 59.1 Å². The van der Waals surface area contributed by atoms with Gasteiger partial charge in [0.05, 0.1) is 13.2 Å². The lowest BCUT2D eigenvalue weighted by atomic mass is 9.46. The van der Waals surface area contributed by atoms with E-state index < -0.39 is 29.6 Å². The fraction of sp³-hybridized carbons (Fsp3) is 0.821. The molecule has 0 spiro atoms. The summed E-state index contributed by atoms with van der Waals surface area (Å²) in [7, 11) is 0. The standard InChI is InChI=1S/C28H42O8/c1-5-13-34-28(33,35-14-6-2)36-17-23(31)27(32)12-10-21-20-8-7-18-15-19(29)9-11-25(18,3)24(20)22(30)16-26(21,27)4/h15,20-21,24,32-33H,5-14,16-17H2,1-4H3/t20-,21-,24+,25-,26-,27-/m0/s1. The molecule has 4 aliphatic carbocycles. The molecule has 4 rings (SSSR count). The van der Waals surface area contributed by atoms with Crippen molar-refractivity contribution >= 4 is 17.3 Å². The molecule has 2 N–H and O–H groups in total. The fourth-order valence-corrected chi connectivity index (χ4v) is 7.71. The van der Waals surface area contributed by atoms with Gasteiger partial charge in [0.1, 0.15) is 18.0 Å². The van der Waals surface area contributed by atoms with E-state index in [1.807, 2.05) is 20.8 Å². The molecule has 8 heteroatoms. The molecule has 3 fully saturated rings. The molecular weight excluding hydrogens is 464 g/mol. The Labute approximate surface area is 213 Å². The van der Waals surface area contributed by atoms with Gasteiger partial charge >= 0.3 is 6.16 Å². The van der Waals surface area contributed by atoms with Crippen LogP contribution in [0.1, 0.15) is 85.5 Å². The van der Waals surface area contributed by atoms with Crippen LogP contribution in [0.15, 0.2) is 11.6 Å². The van der Waals surface area contributed by atoms with Gasteiger partial charge in [-0.2, -0.15) is 0 Å². The van der Waals surface area contributed by atoms with Gasteiger partial charge in [-0.3, -0.25) is 19.1 Å². The molecule has 0 aromatic heterocycles. The van der Waals surface area contributed by atoms with Crippen molar-refractivity contribution in [1.82, 2.24) is 0 Å². The van der Waals surface area contributed by atoms with Crippen molar-refractivity contribution in [3.05, 3.63) is 11.6 Å². The maximum absolute atomic E-state index is 13.7. The number of Topliss-reactive ketones (excluding diaryl/α,β-unsaturated/α-hetero) is 2. The molecule has 4 aliphatic rings. The summed E-state index contributed by atoms with van der Waals surface area (Å²) in [5, 5.41) is 22.4. The number of aliphatic hydroxyl groups is 2. The number of rotatable bonds is 10. The molecule has 0 aromatic carbocycles. The van der Waals surface area contributed by atoms with Crippen LogP contribution < -0.4 is 0 Å². The monoisotopic (exact) mass is 506 g/mol. The van der Waals surface area contributed by atoms with Crippen LogP contribution in [0.5, 0.6) is 0 Å². The summed E-state index contributed by atoms with van der Waals surface area (Å²) in [6.45, 7) is 7.50. The Bertz CT molecular complexity index is 919. The first-order valence-corrected chi connectivity index (χ1v) is 13.6. The van der Waals surface area contributed by atoms with E-state index in [1.165, 1.54) is 0 Å². The van der Waals surface area contributed by atoms with Crippen LogP contribution >= 0.6 is 0 Å². The largest absolute Gasteiger partial charge is 0.410 e. The number of ketones is 3. The van der Waals surface area contributed by atoms with Crippen molar-refractivity contribution in [2.45, 2.75) is 97.2 Å². The number of allylic oxidation sites excluding steroid dienone is 1. The normalized spacial score (nSPS) is 38.3. The van der Waals surface area contributed by atoms with E-state index in [-0.39, 0.29) is 60.8 Å². The second kappa shape index (κ2) is 10.0. The first-order chi connectivity index (χ1) is 16.9. The zero-order chi connectivity index (χ0) is 26.4. The van der Waals surface area contributed by atoms with E-state index >= 15 is 0 Å². The molecule has 3 saturated carbocycles. The Hall–Kier alpha value is -1.45. The summed E-state index contributed by atoms with van der Waals surface area (Å²) in [6.07, 6.45) is 4.33. The fourth-order valence-electron chi connectivity index (χ4n) is 7.71. The Balaban J connectivity index is 1.53. The van der Waals surface area contributed by atoms with E-state index in [0.29, 0.717) is 32.1 Å². The lowest BCUT2D eigenvalue weighted by molar-refractivity contribution is -0.483. The van der Waals surface area contributed by atoms with Gasteiger partial charge in [-0.15, -0.1) is 0 Å². The van der Waals surface area contributed by atoms with Crippen molar-refractivity contribution in [3.8, 4) is 0 Å².